The Kier molecular flexibility index (Phi) is 6.61. The lowest BCUT2D eigenvalue weighted by Gasteiger charge is -2.56. The van der Waals surface area contributed by atoms with Gasteiger partial charge >= 0.3 is 6.03 Å². The monoisotopic (exact) mass is 492 g/mol. The fourth-order valence-corrected chi connectivity index (χ4v) is 8.01. The highest BCUT2D eigenvalue weighted by Crippen LogP contribution is 2.66. The van der Waals surface area contributed by atoms with Crippen molar-refractivity contribution in [1.82, 2.24) is 10.2 Å². The summed E-state index contributed by atoms with van der Waals surface area (Å²) in [7, 11) is 0. The second-order valence-electron chi connectivity index (χ2n) is 12.8. The Morgan fingerprint density at radius 1 is 1.06 bits per heavy atom. The summed E-state index contributed by atoms with van der Waals surface area (Å²) in [5.41, 5.74) is 2.92. The first-order valence-corrected chi connectivity index (χ1v) is 14.0. The van der Waals surface area contributed by atoms with Gasteiger partial charge in [-0.1, -0.05) is 67.5 Å². The third-order valence-corrected chi connectivity index (χ3v) is 10.2. The van der Waals surface area contributed by atoms with Crippen LogP contribution in [0.4, 0.5) is 4.79 Å². The highest BCUT2D eigenvalue weighted by molar-refractivity contribution is 5.74. The van der Waals surface area contributed by atoms with E-state index in [1.807, 2.05) is 49.1 Å². The molecule has 0 unspecified atom stereocenters. The van der Waals surface area contributed by atoms with Crippen LogP contribution in [-0.2, 0) is 6.54 Å². The Morgan fingerprint density at radius 3 is 2.50 bits per heavy atom. The number of hydrogen-bond acceptors (Lipinski definition) is 3. The van der Waals surface area contributed by atoms with Gasteiger partial charge in [-0.15, -0.1) is 0 Å². The zero-order valence-electron chi connectivity index (χ0n) is 22.5. The highest BCUT2D eigenvalue weighted by Gasteiger charge is 2.62. The molecule has 196 valence electrons. The number of fused-ring (bicyclic) bond motifs is 5. The Hall–Kier alpha value is -2.11. The number of carbonyl (C=O) groups is 1. The molecule has 3 fully saturated rings. The van der Waals surface area contributed by atoms with Crippen molar-refractivity contribution < 1.29 is 15.0 Å². The number of rotatable bonds is 5. The van der Waals surface area contributed by atoms with Gasteiger partial charge in [0.15, 0.2) is 0 Å². The van der Waals surface area contributed by atoms with Crippen LogP contribution in [0.5, 0.6) is 0 Å². The third-order valence-electron chi connectivity index (χ3n) is 10.2. The average Bonchev–Trinajstić information content (AvgIpc) is 3.10. The van der Waals surface area contributed by atoms with Gasteiger partial charge in [0.1, 0.15) is 0 Å². The first-order valence-electron chi connectivity index (χ1n) is 14.0. The maximum Gasteiger partial charge on any atom is 0.317 e. The Labute approximate surface area is 216 Å². The first-order chi connectivity index (χ1) is 17.1. The van der Waals surface area contributed by atoms with Crippen LogP contribution >= 0.6 is 0 Å². The Balaban J connectivity index is 1.42. The molecule has 0 saturated heterocycles. The van der Waals surface area contributed by atoms with Crippen molar-refractivity contribution >= 4 is 6.03 Å². The topological polar surface area (TPSA) is 72.8 Å². The fourth-order valence-electron chi connectivity index (χ4n) is 8.01. The molecule has 36 heavy (non-hydrogen) atoms. The lowest BCUT2D eigenvalue weighted by atomic mass is 9.50. The molecule has 1 aromatic rings. The van der Waals surface area contributed by atoms with Gasteiger partial charge in [-0.3, -0.25) is 0 Å². The summed E-state index contributed by atoms with van der Waals surface area (Å²) in [6.45, 7) is 9.46. The summed E-state index contributed by atoms with van der Waals surface area (Å²) in [4.78, 5) is 15.1. The van der Waals surface area contributed by atoms with Crippen LogP contribution < -0.4 is 5.32 Å². The highest BCUT2D eigenvalue weighted by atomic mass is 16.3. The third kappa shape index (κ3) is 4.22. The summed E-state index contributed by atoms with van der Waals surface area (Å²) >= 11 is 0. The normalized spacial score (nSPS) is 37.4. The number of amides is 2. The lowest BCUT2D eigenvalue weighted by molar-refractivity contribution is -0.0973. The number of carbonyl (C=O) groups excluding carboxylic acids is 1. The number of nitrogens with one attached hydrogen (secondary N) is 1. The SMILES string of the molecule is CC(C)NC(=O)N(Cc1ccccc1)C[C@]1(O)CC[C@H]2C3=CC=C4C[C@@H](O)CC[C@]4(C)[C@H]3CC[C@@]21C. The molecule has 0 aliphatic heterocycles. The quantitative estimate of drug-likeness (QED) is 0.502. The van der Waals surface area contributed by atoms with E-state index in [9.17, 15) is 15.0 Å². The van der Waals surface area contributed by atoms with E-state index in [4.69, 9.17) is 0 Å². The Morgan fingerprint density at radius 2 is 1.78 bits per heavy atom. The summed E-state index contributed by atoms with van der Waals surface area (Å²) in [6.07, 6.45) is 10.8. The van der Waals surface area contributed by atoms with Gasteiger partial charge in [-0.05, 0) is 81.6 Å². The molecule has 0 radical (unpaired) electrons. The van der Waals surface area contributed by atoms with E-state index in [1.54, 1.807) is 0 Å². The predicted octanol–water partition coefficient (Wildman–Crippen LogP) is 5.58. The number of urea groups is 1. The van der Waals surface area contributed by atoms with E-state index in [-0.39, 0.29) is 29.0 Å². The molecular weight excluding hydrogens is 448 g/mol. The molecule has 0 bridgehead atoms. The number of benzene rings is 1. The molecule has 2 amide bonds. The number of aliphatic hydroxyl groups is 2. The number of nitrogens with zero attached hydrogens (tertiary/aromatic N) is 1. The molecule has 1 aromatic carbocycles. The van der Waals surface area contributed by atoms with Crippen molar-refractivity contribution in [1.29, 1.82) is 0 Å². The zero-order valence-corrected chi connectivity index (χ0v) is 22.5. The second kappa shape index (κ2) is 9.33. The Bertz CT molecular complexity index is 1050. The van der Waals surface area contributed by atoms with E-state index in [1.165, 1.54) is 11.1 Å². The van der Waals surface area contributed by atoms with Crippen molar-refractivity contribution in [3.63, 3.8) is 0 Å². The van der Waals surface area contributed by atoms with Crippen LogP contribution in [0.3, 0.4) is 0 Å². The van der Waals surface area contributed by atoms with Gasteiger partial charge in [0.05, 0.1) is 18.2 Å². The minimum absolute atomic E-state index is 0.0379. The smallest absolute Gasteiger partial charge is 0.317 e. The summed E-state index contributed by atoms with van der Waals surface area (Å²) < 4.78 is 0. The van der Waals surface area contributed by atoms with E-state index in [0.29, 0.717) is 31.3 Å². The lowest BCUT2D eigenvalue weighted by Crippen LogP contribution is -2.57. The summed E-state index contributed by atoms with van der Waals surface area (Å²) in [5, 5.41) is 25.6. The van der Waals surface area contributed by atoms with Crippen LogP contribution in [-0.4, -0.2) is 45.4 Å². The average molecular weight is 493 g/mol. The number of allylic oxidation sites excluding steroid dienone is 3. The van der Waals surface area contributed by atoms with Gasteiger partial charge in [-0.2, -0.15) is 0 Å². The zero-order chi connectivity index (χ0) is 25.7. The molecule has 5 rings (SSSR count). The molecule has 0 heterocycles. The summed E-state index contributed by atoms with van der Waals surface area (Å²) in [5.74, 6) is 0.824. The largest absolute Gasteiger partial charge is 0.393 e. The molecule has 4 aliphatic rings. The van der Waals surface area contributed by atoms with E-state index in [0.717, 1.165) is 44.1 Å². The van der Waals surface area contributed by atoms with E-state index < -0.39 is 5.60 Å². The van der Waals surface area contributed by atoms with Crippen LogP contribution in [0.2, 0.25) is 0 Å². The van der Waals surface area contributed by atoms with Crippen LogP contribution in [0.25, 0.3) is 0 Å². The van der Waals surface area contributed by atoms with Crippen molar-refractivity contribution in [2.45, 2.75) is 96.9 Å². The molecule has 6 atom stereocenters. The molecule has 4 aliphatic carbocycles. The minimum Gasteiger partial charge on any atom is -0.393 e. The fraction of sp³-hybridized carbons (Fsp3) is 0.645. The second-order valence-corrected chi connectivity index (χ2v) is 12.8. The van der Waals surface area contributed by atoms with Gasteiger partial charge in [-0.25, -0.2) is 4.79 Å². The molecule has 3 N–H and O–H groups in total. The molecule has 5 nitrogen and oxygen atoms in total. The minimum atomic E-state index is -0.930. The van der Waals surface area contributed by atoms with Crippen LogP contribution in [0.15, 0.2) is 53.6 Å². The van der Waals surface area contributed by atoms with E-state index in [2.05, 4.69) is 31.3 Å². The number of hydrogen-bond donors (Lipinski definition) is 3. The molecule has 3 saturated carbocycles. The maximum atomic E-state index is 13.3. The first kappa shape index (κ1) is 25.5. The predicted molar refractivity (Wildman–Crippen MR) is 143 cm³/mol. The van der Waals surface area contributed by atoms with Crippen molar-refractivity contribution in [2.75, 3.05) is 6.54 Å². The van der Waals surface area contributed by atoms with E-state index >= 15 is 0 Å². The van der Waals surface area contributed by atoms with Crippen molar-refractivity contribution in [3.8, 4) is 0 Å². The maximum absolute atomic E-state index is 13.3. The number of aliphatic hydroxyl groups excluding tert-OH is 1. The van der Waals surface area contributed by atoms with Gasteiger partial charge in [0, 0.05) is 18.0 Å². The summed E-state index contributed by atoms with van der Waals surface area (Å²) in [6, 6.07) is 10.0. The van der Waals surface area contributed by atoms with Crippen LogP contribution in [0.1, 0.15) is 78.2 Å². The van der Waals surface area contributed by atoms with Gasteiger partial charge in [0.25, 0.3) is 0 Å². The van der Waals surface area contributed by atoms with Gasteiger partial charge in [0.2, 0.25) is 0 Å². The van der Waals surface area contributed by atoms with Crippen LogP contribution in [0, 0.1) is 22.7 Å². The molecule has 0 spiro atoms. The standard InChI is InChI=1S/C31H44N2O3/c1-21(2)32-28(35)33(19-22-8-6-5-7-9-22)20-31(36)17-14-27-25-11-10-23-18-24(34)12-15-29(23,3)26(25)13-16-30(27,31)4/h5-11,21,24,26-27,34,36H,12-20H2,1-4H3,(H,32,35)/t24-,26-,27-,29-,30-,31+/m0/s1. The van der Waals surface area contributed by atoms with Crippen molar-refractivity contribution in [2.24, 2.45) is 22.7 Å². The van der Waals surface area contributed by atoms with Gasteiger partial charge < -0.3 is 20.4 Å². The molecule has 5 heteroatoms. The van der Waals surface area contributed by atoms with Crippen molar-refractivity contribution in [3.05, 3.63) is 59.2 Å². The molecule has 0 aromatic heterocycles. The molecular formula is C31H44N2O3.